The quantitative estimate of drug-likeness (QED) is 0.360. The molecule has 3 N–H and O–H groups in total. The number of carbonyl (C=O) groups excluding carboxylic acids is 1. The van der Waals surface area contributed by atoms with Crippen molar-refractivity contribution in [1.82, 2.24) is 19.7 Å². The van der Waals surface area contributed by atoms with E-state index < -0.39 is 0 Å². The van der Waals surface area contributed by atoms with Gasteiger partial charge in [0.1, 0.15) is 12.1 Å². The predicted octanol–water partition coefficient (Wildman–Crippen LogP) is 4.86. The first-order valence-corrected chi connectivity index (χ1v) is 11.6. The molecule has 5 aromatic rings. The fraction of sp³-hybridized carbons (Fsp3) is 0.143. The first-order chi connectivity index (χ1) is 17.1. The number of nitrogens with one attached hydrogen (secondary N) is 1. The van der Waals surface area contributed by atoms with E-state index in [1.54, 1.807) is 0 Å². The fourth-order valence-corrected chi connectivity index (χ4v) is 4.18. The summed E-state index contributed by atoms with van der Waals surface area (Å²) in [6, 6.07) is 25.6. The van der Waals surface area contributed by atoms with Gasteiger partial charge in [-0.3, -0.25) is 4.79 Å². The van der Waals surface area contributed by atoms with E-state index in [0.717, 1.165) is 39.9 Å². The molecule has 0 bridgehead atoms. The molecule has 1 amide bonds. The zero-order valence-corrected chi connectivity index (χ0v) is 19.5. The van der Waals surface area contributed by atoms with Crippen molar-refractivity contribution in [2.24, 2.45) is 0 Å². The van der Waals surface area contributed by atoms with Gasteiger partial charge in [0.2, 0.25) is 0 Å². The number of carbonyl (C=O) groups is 1. The molecular weight excluding hydrogens is 436 g/mol. The highest BCUT2D eigenvalue weighted by Gasteiger charge is 2.16. The summed E-state index contributed by atoms with van der Waals surface area (Å²) in [5.74, 6) is 0.275. The normalized spacial score (nSPS) is 11.0. The number of amides is 1. The number of fused-ring (bicyclic) bond motifs is 1. The monoisotopic (exact) mass is 462 g/mol. The van der Waals surface area contributed by atoms with Gasteiger partial charge in [0.05, 0.1) is 17.6 Å². The number of benzene rings is 3. The number of anilines is 2. The molecule has 2 heterocycles. The van der Waals surface area contributed by atoms with E-state index in [-0.39, 0.29) is 5.91 Å². The molecule has 0 atom stereocenters. The van der Waals surface area contributed by atoms with Gasteiger partial charge in [-0.05, 0) is 47.4 Å². The smallest absolute Gasteiger partial charge is 0.255 e. The second kappa shape index (κ2) is 9.77. The lowest BCUT2D eigenvalue weighted by molar-refractivity contribution is 0.102. The first-order valence-electron chi connectivity index (χ1n) is 11.6. The molecule has 7 nitrogen and oxygen atoms in total. The Morgan fingerprint density at radius 1 is 0.914 bits per heavy atom. The Morgan fingerprint density at radius 2 is 1.69 bits per heavy atom. The lowest BCUT2D eigenvalue weighted by Gasteiger charge is -2.08. The van der Waals surface area contributed by atoms with Crippen LogP contribution in [0.4, 0.5) is 11.5 Å². The Balaban J connectivity index is 1.41. The van der Waals surface area contributed by atoms with Crippen LogP contribution in [0.25, 0.3) is 11.0 Å². The second-order valence-electron chi connectivity index (χ2n) is 8.43. The molecule has 0 unspecified atom stereocenters. The minimum Gasteiger partial charge on any atom is -0.383 e. The average Bonchev–Trinajstić information content (AvgIpc) is 3.22. The molecule has 7 heteroatoms. The molecular formula is C28H26N6O. The lowest BCUT2D eigenvalue weighted by atomic mass is 10.1. The van der Waals surface area contributed by atoms with E-state index in [1.807, 2.05) is 71.4 Å². The number of nitrogens with two attached hydrogens (primary N) is 1. The van der Waals surface area contributed by atoms with Gasteiger partial charge in [-0.2, -0.15) is 5.10 Å². The molecule has 174 valence electrons. The Hall–Kier alpha value is -4.52. The first kappa shape index (κ1) is 22.3. The molecule has 0 saturated carbocycles. The molecule has 0 fully saturated rings. The highest BCUT2D eigenvalue weighted by atomic mass is 16.1. The van der Waals surface area contributed by atoms with E-state index in [9.17, 15) is 4.79 Å². The Morgan fingerprint density at radius 3 is 2.51 bits per heavy atom. The van der Waals surface area contributed by atoms with Crippen LogP contribution in [0.15, 0.2) is 85.2 Å². The number of nitrogens with zero attached hydrogens (tertiary/aromatic N) is 4. The van der Waals surface area contributed by atoms with Crippen molar-refractivity contribution in [3.63, 3.8) is 0 Å². The average molecular weight is 463 g/mol. The van der Waals surface area contributed by atoms with Gasteiger partial charge in [-0.15, -0.1) is 0 Å². The molecule has 0 radical (unpaired) electrons. The van der Waals surface area contributed by atoms with E-state index >= 15 is 0 Å². The second-order valence-corrected chi connectivity index (χ2v) is 8.43. The Bertz CT molecular complexity index is 1490. The highest BCUT2D eigenvalue weighted by molar-refractivity contribution is 6.04. The van der Waals surface area contributed by atoms with Crippen molar-refractivity contribution >= 4 is 28.4 Å². The summed E-state index contributed by atoms with van der Waals surface area (Å²) in [4.78, 5) is 21.4. The molecule has 0 aliphatic carbocycles. The van der Waals surface area contributed by atoms with Gasteiger partial charge >= 0.3 is 0 Å². The molecule has 0 spiro atoms. The summed E-state index contributed by atoms with van der Waals surface area (Å²) >= 11 is 0. The zero-order valence-electron chi connectivity index (χ0n) is 19.5. The number of hydrogen-bond donors (Lipinski definition) is 2. The highest BCUT2D eigenvalue weighted by Crippen LogP contribution is 2.25. The number of aryl methyl sites for hydroxylation is 1. The minimum atomic E-state index is -0.132. The van der Waals surface area contributed by atoms with Crippen molar-refractivity contribution in [3.8, 4) is 0 Å². The van der Waals surface area contributed by atoms with Gasteiger partial charge in [0.25, 0.3) is 5.91 Å². The van der Waals surface area contributed by atoms with Gasteiger partial charge in [-0.1, -0.05) is 61.5 Å². The molecule has 35 heavy (non-hydrogen) atoms. The molecule has 5 rings (SSSR count). The number of hydrogen-bond acceptors (Lipinski definition) is 5. The third kappa shape index (κ3) is 4.89. The summed E-state index contributed by atoms with van der Waals surface area (Å²) in [5, 5.41) is 8.61. The van der Waals surface area contributed by atoms with E-state index in [0.29, 0.717) is 30.0 Å². The summed E-state index contributed by atoms with van der Waals surface area (Å²) in [7, 11) is 0. The van der Waals surface area contributed by atoms with Crippen LogP contribution in [-0.4, -0.2) is 25.7 Å². The van der Waals surface area contributed by atoms with Crippen LogP contribution in [0.1, 0.15) is 39.7 Å². The summed E-state index contributed by atoms with van der Waals surface area (Å²) < 4.78 is 1.87. The SMILES string of the molecule is CCc1cccc(C(=O)Nc2cccc(Cc3nn(Cc4ccccc4)c4ncnc(N)c34)c2)c1. The van der Waals surface area contributed by atoms with E-state index in [4.69, 9.17) is 10.8 Å². The van der Waals surface area contributed by atoms with Crippen LogP contribution >= 0.6 is 0 Å². The molecule has 0 aliphatic rings. The van der Waals surface area contributed by atoms with E-state index in [2.05, 4.69) is 34.3 Å². The van der Waals surface area contributed by atoms with Crippen molar-refractivity contribution in [1.29, 1.82) is 0 Å². The minimum absolute atomic E-state index is 0.132. The topological polar surface area (TPSA) is 98.7 Å². The standard InChI is InChI=1S/C28H26N6O/c1-2-19-10-6-12-22(14-19)28(35)32-23-13-7-11-21(15-23)16-24-25-26(29)30-18-31-27(25)34(33-24)17-20-8-4-3-5-9-20/h3-15,18H,2,16-17H2,1H3,(H,32,35)(H2,29,30,31). The third-order valence-corrected chi connectivity index (χ3v) is 5.96. The molecule has 0 saturated heterocycles. The molecule has 0 aliphatic heterocycles. The van der Waals surface area contributed by atoms with Crippen LogP contribution in [-0.2, 0) is 19.4 Å². The number of rotatable bonds is 7. The maximum atomic E-state index is 12.8. The van der Waals surface area contributed by atoms with Crippen LogP contribution in [0, 0.1) is 0 Å². The zero-order chi connectivity index (χ0) is 24.2. The van der Waals surface area contributed by atoms with Gasteiger partial charge in [0.15, 0.2) is 5.65 Å². The molecule has 3 aromatic carbocycles. The lowest BCUT2D eigenvalue weighted by Crippen LogP contribution is -2.12. The fourth-order valence-electron chi connectivity index (χ4n) is 4.18. The Kier molecular flexibility index (Phi) is 6.22. The maximum absolute atomic E-state index is 12.8. The van der Waals surface area contributed by atoms with Crippen molar-refractivity contribution in [3.05, 3.63) is 113 Å². The van der Waals surface area contributed by atoms with Gasteiger partial charge in [-0.25, -0.2) is 14.6 Å². The van der Waals surface area contributed by atoms with Crippen LogP contribution in [0.3, 0.4) is 0 Å². The van der Waals surface area contributed by atoms with Crippen molar-refractivity contribution in [2.75, 3.05) is 11.1 Å². The predicted molar refractivity (Wildman–Crippen MR) is 138 cm³/mol. The number of aromatic nitrogens is 4. The summed E-state index contributed by atoms with van der Waals surface area (Å²) in [6.07, 6.45) is 2.88. The largest absolute Gasteiger partial charge is 0.383 e. The third-order valence-electron chi connectivity index (χ3n) is 5.96. The number of nitrogen functional groups attached to an aromatic ring is 1. The van der Waals surface area contributed by atoms with Gasteiger partial charge < -0.3 is 11.1 Å². The van der Waals surface area contributed by atoms with Crippen LogP contribution in [0.5, 0.6) is 0 Å². The van der Waals surface area contributed by atoms with Crippen molar-refractivity contribution in [2.45, 2.75) is 26.3 Å². The van der Waals surface area contributed by atoms with E-state index in [1.165, 1.54) is 6.33 Å². The van der Waals surface area contributed by atoms with Crippen LogP contribution in [0.2, 0.25) is 0 Å². The van der Waals surface area contributed by atoms with Crippen molar-refractivity contribution < 1.29 is 4.79 Å². The maximum Gasteiger partial charge on any atom is 0.255 e. The van der Waals surface area contributed by atoms with Crippen LogP contribution < -0.4 is 11.1 Å². The summed E-state index contributed by atoms with van der Waals surface area (Å²) in [6.45, 7) is 2.66. The molecule has 2 aromatic heterocycles. The van der Waals surface area contributed by atoms with Gasteiger partial charge in [0, 0.05) is 17.7 Å². The summed E-state index contributed by atoms with van der Waals surface area (Å²) in [5.41, 5.74) is 12.4. The Labute approximate surface area is 203 Å².